The molecule has 0 fully saturated rings. The zero-order valence-electron chi connectivity index (χ0n) is 30.8. The lowest BCUT2D eigenvalue weighted by Crippen LogP contribution is -2.19. The fraction of sp³-hybridized carbons (Fsp3) is 0.800. The van der Waals surface area contributed by atoms with Gasteiger partial charge in [-0.1, -0.05) is 154 Å². The van der Waals surface area contributed by atoms with Gasteiger partial charge in [0.15, 0.2) is 0 Å². The van der Waals surface area contributed by atoms with E-state index in [-0.39, 0.29) is 12.2 Å². The number of allylic oxidation sites excluding steroid dienone is 4. The molecule has 0 amide bonds. The van der Waals surface area contributed by atoms with Gasteiger partial charge >= 0.3 is 10.4 Å². The summed E-state index contributed by atoms with van der Waals surface area (Å²) in [4.78, 5) is 22.1. The molecule has 48 heavy (non-hydrogen) atoms. The van der Waals surface area contributed by atoms with Crippen LogP contribution in [0.5, 0.6) is 0 Å². The van der Waals surface area contributed by atoms with Gasteiger partial charge in [-0.3, -0.25) is 9.11 Å². The van der Waals surface area contributed by atoms with E-state index in [1.54, 1.807) is 0 Å². The topological polar surface area (TPSA) is 118 Å². The second kappa shape index (κ2) is 39.6. The molecule has 2 N–H and O–H groups in total. The number of ether oxygens (including phenoxy) is 1. The van der Waals surface area contributed by atoms with Gasteiger partial charge in [0.1, 0.15) is 11.9 Å². The van der Waals surface area contributed by atoms with Crippen molar-refractivity contribution in [2.24, 2.45) is 0 Å². The predicted molar refractivity (Wildman–Crippen MR) is 202 cm³/mol. The third-order valence-corrected chi connectivity index (χ3v) is 8.36. The lowest BCUT2D eigenvalue weighted by molar-refractivity contribution is 0.0306. The van der Waals surface area contributed by atoms with Crippen LogP contribution in [0.1, 0.15) is 194 Å². The molecule has 0 bridgehead atoms. The van der Waals surface area contributed by atoms with E-state index in [1.807, 2.05) is 11.9 Å². The average Bonchev–Trinajstić information content (AvgIpc) is 3.04. The largest absolute Gasteiger partial charge is 0.394 e. The van der Waals surface area contributed by atoms with E-state index in [9.17, 15) is 9.59 Å². The van der Waals surface area contributed by atoms with Gasteiger partial charge < -0.3 is 4.74 Å². The number of hydrogen-bond donors (Lipinski definition) is 2. The molecule has 2 atom stereocenters. The molecule has 0 aliphatic rings. The van der Waals surface area contributed by atoms with E-state index in [2.05, 4.69) is 38.2 Å². The molecule has 0 aromatic rings. The van der Waals surface area contributed by atoms with Crippen molar-refractivity contribution in [3.63, 3.8) is 0 Å². The highest BCUT2D eigenvalue weighted by Crippen LogP contribution is 2.17. The molecule has 8 heteroatoms. The highest BCUT2D eigenvalue weighted by molar-refractivity contribution is 7.79. The molecule has 0 saturated heterocycles. The van der Waals surface area contributed by atoms with Gasteiger partial charge in [0.05, 0.1) is 12.2 Å². The number of carbonyl (C=O) groups excluding carboxylic acids is 2. The van der Waals surface area contributed by atoms with E-state index in [1.165, 1.54) is 153 Å². The van der Waals surface area contributed by atoms with Crippen LogP contribution in [-0.2, 0) is 24.7 Å². The third kappa shape index (κ3) is 46.3. The van der Waals surface area contributed by atoms with Gasteiger partial charge in [0.25, 0.3) is 0 Å². The van der Waals surface area contributed by atoms with Crippen molar-refractivity contribution in [1.29, 1.82) is 0 Å². The van der Waals surface area contributed by atoms with Crippen LogP contribution in [0.3, 0.4) is 0 Å². The van der Waals surface area contributed by atoms with E-state index in [4.69, 9.17) is 22.3 Å². The summed E-state index contributed by atoms with van der Waals surface area (Å²) in [6, 6.07) is 0. The molecule has 7 nitrogen and oxygen atoms in total. The second-order valence-electron chi connectivity index (χ2n) is 13.0. The summed E-state index contributed by atoms with van der Waals surface area (Å²) in [6.07, 6.45) is 46.6. The summed E-state index contributed by atoms with van der Waals surface area (Å²) in [7, 11) is -4.67. The predicted octanol–water partition coefficient (Wildman–Crippen LogP) is 11.9. The van der Waals surface area contributed by atoms with Crippen LogP contribution in [0.15, 0.2) is 36.5 Å². The van der Waals surface area contributed by atoms with Crippen LogP contribution < -0.4 is 0 Å². The fourth-order valence-electron chi connectivity index (χ4n) is 5.59. The van der Waals surface area contributed by atoms with E-state index in [0.717, 1.165) is 38.5 Å². The summed E-state index contributed by atoms with van der Waals surface area (Å²) in [5.41, 5.74) is 0. The molecule has 0 heterocycles. The van der Waals surface area contributed by atoms with Gasteiger partial charge in [0.2, 0.25) is 0 Å². The van der Waals surface area contributed by atoms with Gasteiger partial charge in [-0.05, 0) is 64.2 Å². The first-order chi connectivity index (χ1) is 23.3. The molecule has 0 rings (SSSR count). The second-order valence-corrected chi connectivity index (χ2v) is 13.9. The number of unbranched alkanes of at least 4 members (excludes halogenated alkanes) is 22. The highest BCUT2D eigenvalue weighted by Gasteiger charge is 2.13. The molecule has 280 valence electrons. The van der Waals surface area contributed by atoms with Crippen molar-refractivity contribution < 1.29 is 31.8 Å². The molecule has 0 radical (unpaired) electrons. The van der Waals surface area contributed by atoms with Gasteiger partial charge in [0, 0.05) is 12.2 Å². The molecular formula is C40H72O7S. The molecule has 0 spiro atoms. The van der Waals surface area contributed by atoms with Crippen LogP contribution in [0.4, 0.5) is 0 Å². The van der Waals surface area contributed by atoms with Crippen LogP contribution in [0, 0.1) is 0 Å². The van der Waals surface area contributed by atoms with Crippen molar-refractivity contribution in [3.8, 4) is 0 Å². The monoisotopic (exact) mass is 696 g/mol. The minimum Gasteiger partial charge on any atom is -0.365 e. The Morgan fingerprint density at radius 1 is 0.479 bits per heavy atom. The maximum Gasteiger partial charge on any atom is 0.394 e. The third-order valence-electron chi connectivity index (χ3n) is 8.36. The van der Waals surface area contributed by atoms with E-state index < -0.39 is 10.4 Å². The average molecular weight is 697 g/mol. The van der Waals surface area contributed by atoms with Gasteiger partial charge in [-0.25, -0.2) is 9.59 Å². The Morgan fingerprint density at radius 3 is 1.00 bits per heavy atom. The minimum atomic E-state index is -4.67. The number of hydrogen-bond acceptors (Lipinski definition) is 5. The summed E-state index contributed by atoms with van der Waals surface area (Å²) >= 11 is 0. The lowest BCUT2D eigenvalue weighted by atomic mass is 10.0. The molecule has 0 saturated carbocycles. The Labute approximate surface area is 295 Å². The zero-order chi connectivity index (χ0) is 35.8. The molecule has 0 aliphatic carbocycles. The quantitative estimate of drug-likeness (QED) is 0.0297. The first kappa shape index (κ1) is 48.3. The molecular weight excluding hydrogens is 625 g/mol. The lowest BCUT2D eigenvalue weighted by Gasteiger charge is -2.19. The molecule has 0 aromatic heterocycles. The van der Waals surface area contributed by atoms with Gasteiger partial charge in [-0.15, -0.1) is 0 Å². The Bertz CT molecular complexity index is 863. The first-order valence-electron chi connectivity index (χ1n) is 19.4. The van der Waals surface area contributed by atoms with Crippen molar-refractivity contribution in [2.45, 2.75) is 206 Å². The summed E-state index contributed by atoms with van der Waals surface area (Å²) in [6.45, 7) is 4.54. The van der Waals surface area contributed by atoms with Crippen molar-refractivity contribution in [3.05, 3.63) is 36.5 Å². The molecule has 0 aliphatic heterocycles. The van der Waals surface area contributed by atoms with E-state index >= 15 is 0 Å². The Hall–Kier alpha value is -1.79. The normalized spacial score (nSPS) is 12.8. The Morgan fingerprint density at radius 2 is 0.729 bits per heavy atom. The van der Waals surface area contributed by atoms with Crippen molar-refractivity contribution >= 4 is 22.3 Å². The Balaban J connectivity index is 0. The van der Waals surface area contributed by atoms with Crippen LogP contribution in [-0.4, -0.2) is 41.6 Å². The number of rotatable bonds is 34. The highest BCUT2D eigenvalue weighted by atomic mass is 32.3. The Kier molecular flexibility index (Phi) is 39.9. The maximum absolute atomic E-state index is 11.1. The van der Waals surface area contributed by atoms with Crippen LogP contribution >= 0.6 is 0 Å². The smallest absolute Gasteiger partial charge is 0.365 e. The van der Waals surface area contributed by atoms with Gasteiger partial charge in [-0.2, -0.15) is 8.42 Å². The minimum absolute atomic E-state index is 0.264. The first-order valence-corrected chi connectivity index (χ1v) is 20.7. The zero-order valence-corrected chi connectivity index (χ0v) is 31.6. The SMILES string of the molecule is CCCCCCCC/C=C\CCCCCCCC(C=C=O)OC(C=C=O)CCCCCCC/C=C\CCCCCCCC.O=S(=O)(O)O. The summed E-state index contributed by atoms with van der Waals surface area (Å²) < 4.78 is 37.7. The summed E-state index contributed by atoms with van der Waals surface area (Å²) in [5, 5.41) is 0. The maximum atomic E-state index is 11.1. The van der Waals surface area contributed by atoms with Crippen LogP contribution in [0.25, 0.3) is 0 Å². The fourth-order valence-corrected chi connectivity index (χ4v) is 5.59. The molecule has 2 unspecified atom stereocenters. The standard InChI is InChI=1S/C40H70O3.H2O4S/c1-3-5-7-9-11-13-15-17-19-21-23-25-27-29-31-33-39(35-37-41)43-40(36-38-42)34-32-30-28-26-24-22-20-18-16-14-12-10-8-6-4-2;1-5(2,3)4/h17-20,35-36,39-40H,3-16,21-34H2,1-2H3;(H2,1,2,3,4)/b19-17-,20-18-;. The van der Waals surface area contributed by atoms with Crippen molar-refractivity contribution in [1.82, 2.24) is 0 Å². The van der Waals surface area contributed by atoms with Crippen molar-refractivity contribution in [2.75, 3.05) is 0 Å². The molecule has 0 aromatic carbocycles. The summed E-state index contributed by atoms with van der Waals surface area (Å²) in [5.74, 6) is 3.83. The van der Waals surface area contributed by atoms with E-state index in [0.29, 0.717) is 0 Å². The van der Waals surface area contributed by atoms with Crippen LogP contribution in [0.2, 0.25) is 0 Å².